The molecule has 5 nitrogen and oxygen atoms in total. The highest BCUT2D eigenvalue weighted by Gasteiger charge is 2.18. The second-order valence-corrected chi connectivity index (χ2v) is 5.61. The first-order valence-corrected chi connectivity index (χ1v) is 7.57. The number of hydrogen-bond acceptors (Lipinski definition) is 4. The molecule has 0 spiro atoms. The van der Waals surface area contributed by atoms with Crippen molar-refractivity contribution in [2.75, 3.05) is 0 Å². The van der Waals surface area contributed by atoms with E-state index in [1.54, 1.807) is 31.2 Å². The second-order valence-electron chi connectivity index (χ2n) is 5.17. The highest BCUT2D eigenvalue weighted by Crippen LogP contribution is 2.21. The van der Waals surface area contributed by atoms with Crippen LogP contribution in [0.25, 0.3) is 11.4 Å². The van der Waals surface area contributed by atoms with Gasteiger partial charge in [0, 0.05) is 16.1 Å². The molecule has 0 unspecified atom stereocenters. The number of benzene rings is 2. The molecular weight excluding hydrogens is 333 g/mol. The lowest BCUT2D eigenvalue weighted by Gasteiger charge is -2.09. The fourth-order valence-electron chi connectivity index (χ4n) is 2.13. The number of carbonyl (C=O) groups excluding carboxylic acids is 1. The van der Waals surface area contributed by atoms with E-state index in [-0.39, 0.29) is 11.5 Å². The van der Waals surface area contributed by atoms with Crippen molar-refractivity contribution >= 4 is 17.5 Å². The van der Waals surface area contributed by atoms with Gasteiger partial charge in [-0.25, -0.2) is 4.39 Å². The molecule has 1 aromatic heterocycles. The zero-order valence-corrected chi connectivity index (χ0v) is 13.4. The van der Waals surface area contributed by atoms with Gasteiger partial charge in [0.25, 0.3) is 5.91 Å². The van der Waals surface area contributed by atoms with Gasteiger partial charge in [-0.05, 0) is 37.3 Å². The smallest absolute Gasteiger partial charge is 0.252 e. The molecule has 2 aromatic carbocycles. The SMILES string of the molecule is C[C@@H](NC(=O)c1cccc(F)c1)c1nc(-c2cccc(Cl)c2)no1. The molecule has 3 aromatic rings. The Morgan fingerprint density at radius 1 is 1.25 bits per heavy atom. The maximum atomic E-state index is 13.2. The van der Waals surface area contributed by atoms with Gasteiger partial charge in [0.2, 0.25) is 11.7 Å². The van der Waals surface area contributed by atoms with Gasteiger partial charge >= 0.3 is 0 Å². The molecule has 122 valence electrons. The molecular formula is C17H13ClFN3O2. The number of nitrogens with zero attached hydrogens (tertiary/aromatic N) is 2. The molecule has 0 aliphatic heterocycles. The summed E-state index contributed by atoms with van der Waals surface area (Å²) in [4.78, 5) is 16.4. The Morgan fingerprint density at radius 3 is 2.79 bits per heavy atom. The molecule has 1 N–H and O–H groups in total. The first kappa shape index (κ1) is 16.1. The van der Waals surface area contributed by atoms with Crippen LogP contribution < -0.4 is 5.32 Å². The molecule has 0 saturated heterocycles. The summed E-state index contributed by atoms with van der Waals surface area (Å²) in [5.74, 6) is -0.282. The zero-order valence-electron chi connectivity index (χ0n) is 12.7. The summed E-state index contributed by atoms with van der Waals surface area (Å²) in [6.45, 7) is 1.70. The van der Waals surface area contributed by atoms with Crippen LogP contribution in [0.5, 0.6) is 0 Å². The molecule has 7 heteroatoms. The maximum absolute atomic E-state index is 13.2. The quantitative estimate of drug-likeness (QED) is 0.775. The van der Waals surface area contributed by atoms with Gasteiger partial charge in [-0.15, -0.1) is 0 Å². The Morgan fingerprint density at radius 2 is 2.04 bits per heavy atom. The minimum atomic E-state index is -0.527. The first-order chi connectivity index (χ1) is 11.5. The van der Waals surface area contributed by atoms with Crippen molar-refractivity contribution in [2.24, 2.45) is 0 Å². The third-order valence-electron chi connectivity index (χ3n) is 3.33. The van der Waals surface area contributed by atoms with Gasteiger partial charge in [0.1, 0.15) is 11.9 Å². The van der Waals surface area contributed by atoms with Crippen molar-refractivity contribution in [2.45, 2.75) is 13.0 Å². The van der Waals surface area contributed by atoms with Gasteiger partial charge in [-0.3, -0.25) is 4.79 Å². The molecule has 1 atom stereocenters. The van der Waals surface area contributed by atoms with Crippen LogP contribution in [0.4, 0.5) is 4.39 Å². The summed E-state index contributed by atoms with van der Waals surface area (Å²) >= 11 is 5.94. The van der Waals surface area contributed by atoms with Gasteiger partial charge in [-0.2, -0.15) is 4.98 Å². The van der Waals surface area contributed by atoms with Crippen molar-refractivity contribution in [3.8, 4) is 11.4 Å². The van der Waals surface area contributed by atoms with E-state index < -0.39 is 17.8 Å². The summed E-state index contributed by atoms with van der Waals surface area (Å²) < 4.78 is 18.4. The van der Waals surface area contributed by atoms with E-state index in [2.05, 4.69) is 15.5 Å². The number of aromatic nitrogens is 2. The Labute approximate surface area is 142 Å². The van der Waals surface area contributed by atoms with E-state index >= 15 is 0 Å². The van der Waals surface area contributed by atoms with Gasteiger partial charge in [0.05, 0.1) is 0 Å². The summed E-state index contributed by atoms with van der Waals surface area (Å²) in [7, 11) is 0. The number of hydrogen-bond donors (Lipinski definition) is 1. The minimum Gasteiger partial charge on any atom is -0.341 e. The Bertz CT molecular complexity index is 882. The van der Waals surface area contributed by atoms with Crippen molar-refractivity contribution in [1.29, 1.82) is 0 Å². The molecule has 24 heavy (non-hydrogen) atoms. The lowest BCUT2D eigenvalue weighted by Crippen LogP contribution is -2.26. The maximum Gasteiger partial charge on any atom is 0.252 e. The summed E-state index contributed by atoms with van der Waals surface area (Å²) in [5.41, 5.74) is 0.928. The van der Waals surface area contributed by atoms with E-state index in [0.29, 0.717) is 16.4 Å². The van der Waals surface area contributed by atoms with Gasteiger partial charge in [-0.1, -0.05) is 35.0 Å². The second kappa shape index (κ2) is 6.80. The molecule has 0 bridgehead atoms. The monoisotopic (exact) mass is 345 g/mol. The topological polar surface area (TPSA) is 68.0 Å². The fourth-order valence-corrected chi connectivity index (χ4v) is 2.32. The van der Waals surface area contributed by atoms with Crippen LogP contribution in [0, 0.1) is 5.82 Å². The predicted molar refractivity (Wildman–Crippen MR) is 87.0 cm³/mol. The molecule has 3 rings (SSSR count). The molecule has 0 saturated carbocycles. The highest BCUT2D eigenvalue weighted by molar-refractivity contribution is 6.30. The number of halogens is 2. The van der Waals surface area contributed by atoms with Crippen molar-refractivity contribution in [1.82, 2.24) is 15.5 Å². The molecule has 0 aliphatic carbocycles. The molecule has 1 amide bonds. The Kier molecular flexibility index (Phi) is 4.57. The lowest BCUT2D eigenvalue weighted by molar-refractivity contribution is 0.0932. The van der Waals surface area contributed by atoms with Crippen LogP contribution in [0.15, 0.2) is 53.1 Å². The Balaban J connectivity index is 1.74. The normalized spacial score (nSPS) is 12.0. The van der Waals surface area contributed by atoms with E-state index in [1.807, 2.05) is 0 Å². The molecule has 0 radical (unpaired) electrons. The number of carbonyl (C=O) groups is 1. The average molecular weight is 346 g/mol. The Hall–Kier alpha value is -2.73. The third kappa shape index (κ3) is 3.60. The van der Waals surface area contributed by atoms with E-state index in [4.69, 9.17) is 16.1 Å². The summed E-state index contributed by atoms with van der Waals surface area (Å²) in [6.07, 6.45) is 0. The average Bonchev–Trinajstić information content (AvgIpc) is 3.05. The highest BCUT2D eigenvalue weighted by atomic mass is 35.5. The number of nitrogens with one attached hydrogen (secondary N) is 1. The molecule has 0 fully saturated rings. The lowest BCUT2D eigenvalue weighted by atomic mass is 10.2. The van der Waals surface area contributed by atoms with Gasteiger partial charge in [0.15, 0.2) is 0 Å². The van der Waals surface area contributed by atoms with Crippen molar-refractivity contribution in [3.63, 3.8) is 0 Å². The summed E-state index contributed by atoms with van der Waals surface area (Å²) in [5, 5.41) is 7.14. The van der Waals surface area contributed by atoms with E-state index in [0.717, 1.165) is 6.07 Å². The van der Waals surface area contributed by atoms with Crippen LogP contribution >= 0.6 is 11.6 Å². The van der Waals surface area contributed by atoms with Crippen molar-refractivity contribution < 1.29 is 13.7 Å². The predicted octanol–water partition coefficient (Wildman–Crippen LogP) is 4.02. The van der Waals surface area contributed by atoms with Crippen LogP contribution in [0.3, 0.4) is 0 Å². The fraction of sp³-hybridized carbons (Fsp3) is 0.118. The van der Waals surface area contributed by atoms with Gasteiger partial charge < -0.3 is 9.84 Å². The molecule has 0 aliphatic rings. The van der Waals surface area contributed by atoms with Crippen molar-refractivity contribution in [3.05, 3.63) is 70.8 Å². The van der Waals surface area contributed by atoms with E-state index in [1.165, 1.54) is 18.2 Å². The van der Waals surface area contributed by atoms with Crippen LogP contribution in [-0.4, -0.2) is 16.0 Å². The number of amides is 1. The first-order valence-electron chi connectivity index (χ1n) is 7.19. The zero-order chi connectivity index (χ0) is 17.1. The largest absolute Gasteiger partial charge is 0.341 e. The van der Waals surface area contributed by atoms with Crippen LogP contribution in [0.2, 0.25) is 5.02 Å². The molecule has 1 heterocycles. The standard InChI is InChI=1S/C17H13ClFN3O2/c1-10(20-16(23)12-5-3-7-14(19)9-12)17-21-15(22-24-17)11-4-2-6-13(18)8-11/h2-10H,1H3,(H,20,23)/t10-/m1/s1. The summed E-state index contributed by atoms with van der Waals surface area (Å²) in [6, 6.07) is 11.9. The number of rotatable bonds is 4. The third-order valence-corrected chi connectivity index (χ3v) is 3.56. The van der Waals surface area contributed by atoms with E-state index in [9.17, 15) is 9.18 Å². The van der Waals surface area contributed by atoms with Crippen LogP contribution in [-0.2, 0) is 0 Å². The minimum absolute atomic E-state index is 0.219. The van der Waals surface area contributed by atoms with Crippen LogP contribution in [0.1, 0.15) is 29.2 Å².